The SMILES string of the molecule is CCOC(=O)C1Cc2cc([N+](=O)[O-])ccc21. The second kappa shape index (κ2) is 3.92. The van der Waals surface area contributed by atoms with E-state index in [0.29, 0.717) is 13.0 Å². The fraction of sp³-hybridized carbons (Fsp3) is 0.364. The lowest BCUT2D eigenvalue weighted by molar-refractivity contribution is -0.385. The first kappa shape index (κ1) is 10.6. The molecule has 0 aromatic heterocycles. The highest BCUT2D eigenvalue weighted by molar-refractivity contribution is 5.82. The van der Waals surface area contributed by atoms with Gasteiger partial charge in [0.05, 0.1) is 17.4 Å². The van der Waals surface area contributed by atoms with Crippen LogP contribution in [0, 0.1) is 10.1 Å². The van der Waals surface area contributed by atoms with Crippen LogP contribution in [0.15, 0.2) is 18.2 Å². The van der Waals surface area contributed by atoms with Crippen molar-refractivity contribution in [3.05, 3.63) is 39.4 Å². The zero-order valence-corrected chi connectivity index (χ0v) is 8.80. The smallest absolute Gasteiger partial charge is 0.313 e. The Labute approximate surface area is 92.2 Å². The average Bonchev–Trinajstić information content (AvgIpc) is 2.19. The Bertz CT molecular complexity index is 455. The Morgan fingerprint density at radius 1 is 1.62 bits per heavy atom. The minimum absolute atomic E-state index is 0.0704. The number of nitro groups is 1. The first-order valence-electron chi connectivity index (χ1n) is 5.07. The van der Waals surface area contributed by atoms with E-state index in [4.69, 9.17) is 4.74 Å². The van der Waals surface area contributed by atoms with Gasteiger partial charge in [-0.1, -0.05) is 6.07 Å². The van der Waals surface area contributed by atoms with Crippen LogP contribution < -0.4 is 0 Å². The molecule has 1 aromatic carbocycles. The summed E-state index contributed by atoms with van der Waals surface area (Å²) >= 11 is 0. The maximum absolute atomic E-state index is 11.5. The fourth-order valence-corrected chi connectivity index (χ4v) is 1.87. The highest BCUT2D eigenvalue weighted by Crippen LogP contribution is 2.37. The first-order valence-corrected chi connectivity index (χ1v) is 5.07. The molecular weight excluding hydrogens is 210 g/mol. The van der Waals surface area contributed by atoms with Gasteiger partial charge in [-0.25, -0.2) is 0 Å². The summed E-state index contributed by atoms with van der Waals surface area (Å²) < 4.78 is 4.91. The van der Waals surface area contributed by atoms with E-state index >= 15 is 0 Å². The summed E-state index contributed by atoms with van der Waals surface area (Å²) in [5, 5.41) is 10.5. The predicted molar refractivity (Wildman–Crippen MR) is 56.2 cm³/mol. The van der Waals surface area contributed by atoms with Crippen LogP contribution in [0.4, 0.5) is 5.69 Å². The standard InChI is InChI=1S/C11H11NO4/c1-2-16-11(13)10-6-7-5-8(12(14)15)3-4-9(7)10/h3-5,10H,2,6H2,1H3. The number of fused-ring (bicyclic) bond motifs is 1. The molecule has 16 heavy (non-hydrogen) atoms. The third kappa shape index (κ3) is 1.64. The third-order valence-electron chi connectivity index (χ3n) is 2.71. The van der Waals surface area contributed by atoms with Crippen molar-refractivity contribution in [1.82, 2.24) is 0 Å². The summed E-state index contributed by atoms with van der Waals surface area (Å²) in [6.07, 6.45) is 0.538. The van der Waals surface area contributed by atoms with Gasteiger partial charge in [0.2, 0.25) is 0 Å². The van der Waals surface area contributed by atoms with E-state index < -0.39 is 4.92 Å². The molecule has 0 amide bonds. The summed E-state index contributed by atoms with van der Waals surface area (Å²) in [5.74, 6) is -0.486. The Hall–Kier alpha value is -1.91. The summed E-state index contributed by atoms with van der Waals surface area (Å²) in [4.78, 5) is 21.5. The van der Waals surface area contributed by atoms with Crippen molar-refractivity contribution in [3.63, 3.8) is 0 Å². The lowest BCUT2D eigenvalue weighted by Gasteiger charge is -2.27. The zero-order valence-electron chi connectivity index (χ0n) is 8.80. The number of carbonyl (C=O) groups excluding carboxylic acids is 1. The molecule has 1 unspecified atom stereocenters. The van der Waals surface area contributed by atoms with Gasteiger partial charge in [-0.3, -0.25) is 14.9 Å². The second-order valence-corrected chi connectivity index (χ2v) is 3.65. The van der Waals surface area contributed by atoms with Gasteiger partial charge in [-0.05, 0) is 24.5 Å². The number of ether oxygens (including phenoxy) is 1. The number of esters is 1. The van der Waals surface area contributed by atoms with Crippen LogP contribution in [-0.4, -0.2) is 17.5 Å². The molecule has 0 saturated heterocycles. The molecule has 0 radical (unpaired) electrons. The van der Waals surface area contributed by atoms with Crippen molar-refractivity contribution in [2.75, 3.05) is 6.61 Å². The van der Waals surface area contributed by atoms with E-state index in [9.17, 15) is 14.9 Å². The van der Waals surface area contributed by atoms with E-state index in [0.717, 1.165) is 11.1 Å². The molecule has 0 aliphatic heterocycles. The van der Waals surface area contributed by atoms with Crippen LogP contribution in [-0.2, 0) is 16.0 Å². The number of non-ortho nitro benzene ring substituents is 1. The number of benzene rings is 1. The van der Waals surface area contributed by atoms with Gasteiger partial charge >= 0.3 is 5.97 Å². The van der Waals surface area contributed by atoms with Crippen molar-refractivity contribution in [1.29, 1.82) is 0 Å². The van der Waals surface area contributed by atoms with Gasteiger partial charge in [0.1, 0.15) is 0 Å². The zero-order chi connectivity index (χ0) is 11.7. The molecule has 1 aliphatic rings. The Morgan fingerprint density at radius 2 is 2.38 bits per heavy atom. The number of hydrogen-bond acceptors (Lipinski definition) is 4. The van der Waals surface area contributed by atoms with Gasteiger partial charge in [-0.2, -0.15) is 0 Å². The molecule has 0 N–H and O–H groups in total. The summed E-state index contributed by atoms with van der Waals surface area (Å²) in [6, 6.07) is 4.58. The van der Waals surface area contributed by atoms with Crippen molar-refractivity contribution in [2.45, 2.75) is 19.3 Å². The van der Waals surface area contributed by atoms with Crippen molar-refractivity contribution < 1.29 is 14.5 Å². The molecule has 0 fully saturated rings. The Morgan fingerprint density at radius 3 is 2.94 bits per heavy atom. The molecule has 0 saturated carbocycles. The van der Waals surface area contributed by atoms with Crippen LogP contribution in [0.5, 0.6) is 0 Å². The lowest BCUT2D eigenvalue weighted by Crippen LogP contribution is -2.27. The molecule has 2 rings (SSSR count). The van der Waals surface area contributed by atoms with Crippen LogP contribution in [0.1, 0.15) is 24.0 Å². The fourth-order valence-electron chi connectivity index (χ4n) is 1.87. The van der Waals surface area contributed by atoms with Crippen molar-refractivity contribution in [3.8, 4) is 0 Å². The normalized spacial score (nSPS) is 17.2. The van der Waals surface area contributed by atoms with E-state index in [2.05, 4.69) is 0 Å². The van der Waals surface area contributed by atoms with Crippen LogP contribution >= 0.6 is 0 Å². The molecule has 1 aliphatic carbocycles. The number of nitrogens with zero attached hydrogens (tertiary/aromatic N) is 1. The number of rotatable bonds is 3. The lowest BCUT2D eigenvalue weighted by atomic mass is 9.77. The average molecular weight is 221 g/mol. The maximum atomic E-state index is 11.5. The van der Waals surface area contributed by atoms with Crippen molar-refractivity contribution >= 4 is 11.7 Å². The second-order valence-electron chi connectivity index (χ2n) is 3.65. The van der Waals surface area contributed by atoms with Gasteiger partial charge in [0, 0.05) is 12.1 Å². The van der Waals surface area contributed by atoms with Gasteiger partial charge in [0.15, 0.2) is 0 Å². The van der Waals surface area contributed by atoms with Crippen LogP contribution in [0.3, 0.4) is 0 Å². The third-order valence-corrected chi connectivity index (χ3v) is 2.71. The van der Waals surface area contributed by atoms with E-state index in [1.807, 2.05) is 0 Å². The first-order chi connectivity index (χ1) is 7.63. The van der Waals surface area contributed by atoms with E-state index in [-0.39, 0.29) is 17.6 Å². The molecule has 1 atom stereocenters. The minimum Gasteiger partial charge on any atom is -0.466 e. The van der Waals surface area contributed by atoms with Gasteiger partial charge in [0.25, 0.3) is 5.69 Å². The van der Waals surface area contributed by atoms with E-state index in [1.54, 1.807) is 13.0 Å². The molecule has 84 valence electrons. The van der Waals surface area contributed by atoms with Crippen LogP contribution in [0.25, 0.3) is 0 Å². The molecule has 0 bridgehead atoms. The molecule has 5 heteroatoms. The largest absolute Gasteiger partial charge is 0.466 e. The van der Waals surface area contributed by atoms with Crippen molar-refractivity contribution in [2.24, 2.45) is 0 Å². The number of carbonyl (C=O) groups is 1. The van der Waals surface area contributed by atoms with E-state index in [1.165, 1.54) is 12.1 Å². The summed E-state index contributed by atoms with van der Waals surface area (Å²) in [5.41, 5.74) is 1.79. The Balaban J connectivity index is 2.18. The predicted octanol–water partition coefficient (Wildman–Crippen LogP) is 1.80. The topological polar surface area (TPSA) is 69.4 Å². The minimum atomic E-state index is -0.433. The Kier molecular flexibility index (Phi) is 2.60. The number of nitro benzene ring substituents is 1. The molecule has 0 heterocycles. The quantitative estimate of drug-likeness (QED) is 0.443. The number of hydrogen-bond donors (Lipinski definition) is 0. The highest BCUT2D eigenvalue weighted by Gasteiger charge is 2.34. The van der Waals surface area contributed by atoms with Crippen LogP contribution in [0.2, 0.25) is 0 Å². The molecular formula is C11H11NO4. The summed E-state index contributed by atoms with van der Waals surface area (Å²) in [6.45, 7) is 2.12. The monoisotopic (exact) mass is 221 g/mol. The summed E-state index contributed by atoms with van der Waals surface area (Å²) in [7, 11) is 0. The molecule has 1 aromatic rings. The molecule has 0 spiro atoms. The highest BCUT2D eigenvalue weighted by atomic mass is 16.6. The maximum Gasteiger partial charge on any atom is 0.313 e. The van der Waals surface area contributed by atoms with Gasteiger partial charge < -0.3 is 4.74 Å². The van der Waals surface area contributed by atoms with Gasteiger partial charge in [-0.15, -0.1) is 0 Å². The molecule has 5 nitrogen and oxygen atoms in total.